The van der Waals surface area contributed by atoms with Crippen LogP contribution in [0.1, 0.15) is 36.5 Å². The van der Waals surface area contributed by atoms with Crippen molar-refractivity contribution in [3.63, 3.8) is 0 Å². The number of likely N-dealkylation sites (tertiary alicyclic amines) is 1. The number of aliphatic hydroxyl groups excluding tert-OH is 1. The number of amides is 1. The predicted molar refractivity (Wildman–Crippen MR) is 78.7 cm³/mol. The standard InChI is InChI=1S/C15H23N3O2/c1-2-7-16-14-4-3-13(10-17-14)15(20)18-8-5-12(11-18)6-9-19/h3-4,10,12,19H,2,5-9,11H2,1H3,(H,16,17). The largest absolute Gasteiger partial charge is 0.396 e. The Morgan fingerprint density at radius 1 is 1.55 bits per heavy atom. The molecule has 0 radical (unpaired) electrons. The van der Waals surface area contributed by atoms with Gasteiger partial charge in [-0.25, -0.2) is 4.98 Å². The lowest BCUT2D eigenvalue weighted by molar-refractivity contribution is 0.0784. The van der Waals surface area contributed by atoms with Crippen LogP contribution in [0.3, 0.4) is 0 Å². The Kier molecular flexibility index (Phi) is 5.35. The van der Waals surface area contributed by atoms with E-state index in [1.165, 1.54) is 0 Å². The second-order valence-corrected chi connectivity index (χ2v) is 5.28. The summed E-state index contributed by atoms with van der Waals surface area (Å²) >= 11 is 0. The van der Waals surface area contributed by atoms with E-state index in [2.05, 4.69) is 17.2 Å². The summed E-state index contributed by atoms with van der Waals surface area (Å²) in [4.78, 5) is 18.4. The summed E-state index contributed by atoms with van der Waals surface area (Å²) in [5.74, 6) is 1.28. The van der Waals surface area contributed by atoms with E-state index in [1.807, 2.05) is 17.0 Å². The molecule has 1 aliphatic heterocycles. The van der Waals surface area contributed by atoms with Crippen LogP contribution in [0.4, 0.5) is 5.82 Å². The van der Waals surface area contributed by atoms with Crippen LogP contribution in [0.25, 0.3) is 0 Å². The van der Waals surface area contributed by atoms with Crippen LogP contribution in [-0.4, -0.2) is 47.1 Å². The first-order chi connectivity index (χ1) is 9.74. The molecule has 5 nitrogen and oxygen atoms in total. The van der Waals surface area contributed by atoms with Gasteiger partial charge in [-0.15, -0.1) is 0 Å². The van der Waals surface area contributed by atoms with E-state index >= 15 is 0 Å². The molecule has 1 unspecified atom stereocenters. The number of carbonyl (C=O) groups excluding carboxylic acids is 1. The predicted octanol–water partition coefficient (Wildman–Crippen LogP) is 1.75. The van der Waals surface area contributed by atoms with Crippen molar-refractivity contribution >= 4 is 11.7 Å². The van der Waals surface area contributed by atoms with Gasteiger partial charge < -0.3 is 15.3 Å². The molecule has 0 aliphatic carbocycles. The van der Waals surface area contributed by atoms with Crippen molar-refractivity contribution in [1.82, 2.24) is 9.88 Å². The van der Waals surface area contributed by atoms with E-state index < -0.39 is 0 Å². The topological polar surface area (TPSA) is 65.5 Å². The number of aliphatic hydroxyl groups is 1. The van der Waals surface area contributed by atoms with Crippen molar-refractivity contribution in [1.29, 1.82) is 0 Å². The number of pyridine rings is 1. The monoisotopic (exact) mass is 277 g/mol. The maximum atomic E-state index is 12.3. The van der Waals surface area contributed by atoms with Gasteiger partial charge in [0.2, 0.25) is 0 Å². The molecule has 1 saturated heterocycles. The van der Waals surface area contributed by atoms with Crippen molar-refractivity contribution in [3.8, 4) is 0 Å². The zero-order chi connectivity index (χ0) is 14.4. The molecule has 5 heteroatoms. The number of aromatic nitrogens is 1. The van der Waals surface area contributed by atoms with Gasteiger partial charge in [-0.05, 0) is 37.3 Å². The van der Waals surface area contributed by atoms with Gasteiger partial charge >= 0.3 is 0 Å². The summed E-state index contributed by atoms with van der Waals surface area (Å²) in [6, 6.07) is 3.68. The number of anilines is 1. The van der Waals surface area contributed by atoms with Gasteiger partial charge in [-0.1, -0.05) is 6.92 Å². The smallest absolute Gasteiger partial charge is 0.255 e. The molecule has 1 aliphatic rings. The van der Waals surface area contributed by atoms with Crippen LogP contribution < -0.4 is 5.32 Å². The molecule has 2 N–H and O–H groups in total. The fourth-order valence-electron chi connectivity index (χ4n) is 2.50. The lowest BCUT2D eigenvalue weighted by Crippen LogP contribution is -2.28. The molecular formula is C15H23N3O2. The summed E-state index contributed by atoms with van der Waals surface area (Å²) < 4.78 is 0. The maximum absolute atomic E-state index is 12.3. The molecular weight excluding hydrogens is 254 g/mol. The minimum absolute atomic E-state index is 0.0416. The molecule has 1 fully saturated rings. The van der Waals surface area contributed by atoms with E-state index in [9.17, 15) is 4.79 Å². The Morgan fingerprint density at radius 3 is 3.05 bits per heavy atom. The van der Waals surface area contributed by atoms with E-state index in [0.29, 0.717) is 11.5 Å². The average Bonchev–Trinajstić information content (AvgIpc) is 2.94. The number of rotatable bonds is 6. The molecule has 1 aromatic rings. The first-order valence-electron chi connectivity index (χ1n) is 7.34. The molecule has 2 heterocycles. The lowest BCUT2D eigenvalue weighted by atomic mass is 10.1. The Hall–Kier alpha value is -1.62. The summed E-state index contributed by atoms with van der Waals surface area (Å²) in [7, 11) is 0. The molecule has 1 atom stereocenters. The number of hydrogen-bond acceptors (Lipinski definition) is 4. The van der Waals surface area contributed by atoms with Crippen molar-refractivity contribution in [3.05, 3.63) is 23.9 Å². The number of nitrogens with zero attached hydrogens (tertiary/aromatic N) is 2. The highest BCUT2D eigenvalue weighted by Gasteiger charge is 2.26. The second kappa shape index (κ2) is 7.24. The average molecular weight is 277 g/mol. The van der Waals surface area contributed by atoms with Gasteiger partial charge in [-0.2, -0.15) is 0 Å². The van der Waals surface area contributed by atoms with Crippen LogP contribution >= 0.6 is 0 Å². The van der Waals surface area contributed by atoms with Crippen LogP contribution in [0, 0.1) is 5.92 Å². The normalized spacial score (nSPS) is 18.3. The third-order valence-electron chi connectivity index (χ3n) is 3.68. The Morgan fingerprint density at radius 2 is 2.40 bits per heavy atom. The molecule has 1 amide bonds. The molecule has 0 aromatic carbocycles. The van der Waals surface area contributed by atoms with E-state index in [-0.39, 0.29) is 12.5 Å². The molecule has 1 aromatic heterocycles. The van der Waals surface area contributed by atoms with Gasteiger partial charge in [0, 0.05) is 32.4 Å². The van der Waals surface area contributed by atoms with Gasteiger partial charge in [0.25, 0.3) is 5.91 Å². The molecule has 110 valence electrons. The van der Waals surface area contributed by atoms with Crippen LogP contribution in [0.2, 0.25) is 0 Å². The Labute approximate surface area is 120 Å². The van der Waals surface area contributed by atoms with Gasteiger partial charge in [-0.3, -0.25) is 4.79 Å². The van der Waals surface area contributed by atoms with Crippen molar-refractivity contribution in [2.45, 2.75) is 26.2 Å². The van der Waals surface area contributed by atoms with Crippen molar-refractivity contribution < 1.29 is 9.90 Å². The van der Waals surface area contributed by atoms with E-state index in [4.69, 9.17) is 5.11 Å². The quantitative estimate of drug-likeness (QED) is 0.831. The second-order valence-electron chi connectivity index (χ2n) is 5.28. The fraction of sp³-hybridized carbons (Fsp3) is 0.600. The first kappa shape index (κ1) is 14.8. The minimum atomic E-state index is 0.0416. The summed E-state index contributed by atoms with van der Waals surface area (Å²) in [6.07, 6.45) is 4.44. The zero-order valence-corrected chi connectivity index (χ0v) is 12.0. The van der Waals surface area contributed by atoms with Crippen LogP contribution in [0.15, 0.2) is 18.3 Å². The number of hydrogen-bond donors (Lipinski definition) is 2. The summed E-state index contributed by atoms with van der Waals surface area (Å²) in [6.45, 7) is 4.71. The zero-order valence-electron chi connectivity index (χ0n) is 12.0. The SMILES string of the molecule is CCCNc1ccc(C(=O)N2CCC(CCO)C2)cn1. The highest BCUT2D eigenvalue weighted by molar-refractivity contribution is 5.94. The number of nitrogens with one attached hydrogen (secondary N) is 1. The van der Waals surface area contributed by atoms with Crippen LogP contribution in [0.5, 0.6) is 0 Å². The summed E-state index contributed by atoms with van der Waals surface area (Å²) in [5.41, 5.74) is 0.636. The van der Waals surface area contributed by atoms with Gasteiger partial charge in [0.15, 0.2) is 0 Å². The highest BCUT2D eigenvalue weighted by atomic mass is 16.3. The van der Waals surface area contributed by atoms with Gasteiger partial charge in [0.05, 0.1) is 5.56 Å². The highest BCUT2D eigenvalue weighted by Crippen LogP contribution is 2.21. The van der Waals surface area contributed by atoms with Crippen molar-refractivity contribution in [2.24, 2.45) is 5.92 Å². The van der Waals surface area contributed by atoms with E-state index in [0.717, 1.165) is 44.7 Å². The first-order valence-corrected chi connectivity index (χ1v) is 7.34. The fourth-order valence-corrected chi connectivity index (χ4v) is 2.50. The van der Waals surface area contributed by atoms with Crippen LogP contribution in [-0.2, 0) is 0 Å². The lowest BCUT2D eigenvalue weighted by Gasteiger charge is -2.16. The van der Waals surface area contributed by atoms with Crippen molar-refractivity contribution in [2.75, 3.05) is 31.6 Å². The molecule has 0 saturated carbocycles. The Balaban J connectivity index is 1.92. The molecule has 20 heavy (non-hydrogen) atoms. The van der Waals surface area contributed by atoms with Gasteiger partial charge in [0.1, 0.15) is 5.82 Å². The molecule has 2 rings (SSSR count). The Bertz CT molecular complexity index is 433. The minimum Gasteiger partial charge on any atom is -0.396 e. The third kappa shape index (κ3) is 3.70. The summed E-state index contributed by atoms with van der Waals surface area (Å²) in [5, 5.41) is 12.1. The number of carbonyl (C=O) groups is 1. The maximum Gasteiger partial charge on any atom is 0.255 e. The third-order valence-corrected chi connectivity index (χ3v) is 3.68. The molecule has 0 bridgehead atoms. The molecule has 0 spiro atoms. The van der Waals surface area contributed by atoms with E-state index in [1.54, 1.807) is 6.20 Å².